The molecule has 1 atom stereocenters. The maximum Gasteiger partial charge on any atom is 0.251 e. The molecular formula is C5H7ClF2O2S. The number of hydrogen-bond donors (Lipinski definition) is 0. The zero-order valence-corrected chi connectivity index (χ0v) is 7.13. The van der Waals surface area contributed by atoms with Gasteiger partial charge in [-0.25, -0.2) is 17.2 Å². The van der Waals surface area contributed by atoms with Crippen LogP contribution in [0.1, 0.15) is 12.8 Å². The Morgan fingerprint density at radius 2 is 2.00 bits per heavy atom. The summed E-state index contributed by atoms with van der Waals surface area (Å²) in [7, 11) is 1.23. The minimum atomic E-state index is -3.59. The molecule has 11 heavy (non-hydrogen) atoms. The van der Waals surface area contributed by atoms with E-state index >= 15 is 0 Å². The number of alkyl halides is 2. The van der Waals surface area contributed by atoms with Gasteiger partial charge >= 0.3 is 0 Å². The summed E-state index contributed by atoms with van der Waals surface area (Å²) in [6.45, 7) is 0. The first-order valence-electron chi connectivity index (χ1n) is 3.11. The summed E-state index contributed by atoms with van der Waals surface area (Å²) in [6.07, 6.45) is -0.224. The summed E-state index contributed by atoms with van der Waals surface area (Å²) in [5, 5.41) is 0. The lowest BCUT2D eigenvalue weighted by Crippen LogP contribution is -2.01. The molecule has 6 heteroatoms. The lowest BCUT2D eigenvalue weighted by molar-refractivity contribution is 0.0983. The van der Waals surface area contributed by atoms with Gasteiger partial charge < -0.3 is 0 Å². The van der Waals surface area contributed by atoms with E-state index in [1.807, 2.05) is 0 Å². The predicted molar refractivity (Wildman–Crippen MR) is 37.3 cm³/mol. The molecule has 0 aromatic carbocycles. The lowest BCUT2D eigenvalue weighted by atomic mass is 10.3. The molecule has 2 nitrogen and oxygen atoms in total. The molecule has 1 saturated carbocycles. The second-order valence-electron chi connectivity index (χ2n) is 2.69. The Bertz CT molecular complexity index is 249. The standard InChI is InChI=1S/C5H7ClF2O2S/c6-11(9,10)2-1-4-3-5(4,7)8/h4H,1-3H2. The third kappa shape index (κ3) is 2.91. The van der Waals surface area contributed by atoms with Crippen LogP contribution in [0.3, 0.4) is 0 Å². The maximum absolute atomic E-state index is 12.1. The molecule has 1 aliphatic carbocycles. The molecule has 0 saturated heterocycles. The van der Waals surface area contributed by atoms with E-state index in [1.165, 1.54) is 0 Å². The molecule has 1 fully saturated rings. The van der Waals surface area contributed by atoms with Crippen LogP contribution in [0, 0.1) is 5.92 Å². The van der Waals surface area contributed by atoms with Crippen molar-refractivity contribution in [3.8, 4) is 0 Å². The van der Waals surface area contributed by atoms with Gasteiger partial charge in [0.15, 0.2) is 0 Å². The molecule has 66 valence electrons. The Kier molecular flexibility index (Phi) is 2.13. The topological polar surface area (TPSA) is 34.1 Å². The van der Waals surface area contributed by atoms with E-state index in [0.717, 1.165) is 0 Å². The third-order valence-corrected chi connectivity index (χ3v) is 2.85. The van der Waals surface area contributed by atoms with Crippen LogP contribution >= 0.6 is 10.7 Å². The molecule has 0 aromatic rings. The lowest BCUT2D eigenvalue weighted by Gasteiger charge is -1.94. The smallest absolute Gasteiger partial charge is 0.212 e. The Labute approximate surface area is 68.0 Å². The first-order chi connectivity index (χ1) is 4.81. The molecule has 0 heterocycles. The quantitative estimate of drug-likeness (QED) is 0.655. The Balaban J connectivity index is 2.27. The molecule has 0 radical (unpaired) electrons. The number of rotatable bonds is 3. The van der Waals surface area contributed by atoms with E-state index in [-0.39, 0.29) is 18.6 Å². The van der Waals surface area contributed by atoms with Crippen LogP contribution in [0.5, 0.6) is 0 Å². The normalized spacial score (nSPS) is 28.5. The molecule has 0 bridgehead atoms. The first-order valence-corrected chi connectivity index (χ1v) is 5.59. The van der Waals surface area contributed by atoms with Crippen molar-refractivity contribution in [1.29, 1.82) is 0 Å². The van der Waals surface area contributed by atoms with E-state index in [4.69, 9.17) is 10.7 Å². The number of halogens is 3. The van der Waals surface area contributed by atoms with Crippen molar-refractivity contribution >= 4 is 19.7 Å². The highest BCUT2D eigenvalue weighted by Crippen LogP contribution is 2.50. The molecule has 1 unspecified atom stereocenters. The van der Waals surface area contributed by atoms with Crippen LogP contribution in [-0.4, -0.2) is 20.1 Å². The molecule has 0 aromatic heterocycles. The van der Waals surface area contributed by atoms with Gasteiger partial charge in [0, 0.05) is 23.0 Å². The van der Waals surface area contributed by atoms with Crippen molar-refractivity contribution in [3.63, 3.8) is 0 Å². The van der Waals surface area contributed by atoms with Crippen LogP contribution in [-0.2, 0) is 9.05 Å². The van der Waals surface area contributed by atoms with Gasteiger partial charge in [-0.15, -0.1) is 0 Å². The summed E-state index contributed by atoms with van der Waals surface area (Å²) in [5.41, 5.74) is 0. The zero-order chi connectivity index (χ0) is 8.70. The monoisotopic (exact) mass is 204 g/mol. The van der Waals surface area contributed by atoms with Crippen LogP contribution in [0.2, 0.25) is 0 Å². The van der Waals surface area contributed by atoms with Crippen molar-refractivity contribution in [2.24, 2.45) is 5.92 Å². The van der Waals surface area contributed by atoms with E-state index < -0.39 is 20.9 Å². The molecule has 1 rings (SSSR count). The molecule has 1 aliphatic rings. The van der Waals surface area contributed by atoms with Gasteiger partial charge in [0.05, 0.1) is 5.75 Å². The molecule has 0 N–H and O–H groups in total. The third-order valence-electron chi connectivity index (χ3n) is 1.67. The Morgan fingerprint density at radius 3 is 2.27 bits per heavy atom. The van der Waals surface area contributed by atoms with Crippen molar-refractivity contribution < 1.29 is 17.2 Å². The molecule has 0 spiro atoms. The van der Waals surface area contributed by atoms with Gasteiger partial charge in [0.1, 0.15) is 0 Å². The van der Waals surface area contributed by atoms with Crippen LogP contribution < -0.4 is 0 Å². The fraction of sp³-hybridized carbons (Fsp3) is 1.00. The summed E-state index contributed by atoms with van der Waals surface area (Å²) in [5.74, 6) is -3.76. The maximum atomic E-state index is 12.1. The highest BCUT2D eigenvalue weighted by molar-refractivity contribution is 8.13. The van der Waals surface area contributed by atoms with E-state index in [2.05, 4.69) is 0 Å². The van der Waals surface area contributed by atoms with Gasteiger partial charge in [-0.05, 0) is 6.42 Å². The van der Waals surface area contributed by atoms with Crippen LogP contribution in [0.25, 0.3) is 0 Å². The van der Waals surface area contributed by atoms with Gasteiger partial charge in [0.25, 0.3) is 5.92 Å². The highest BCUT2D eigenvalue weighted by Gasteiger charge is 2.56. The van der Waals surface area contributed by atoms with Crippen LogP contribution in [0.15, 0.2) is 0 Å². The largest absolute Gasteiger partial charge is 0.251 e. The van der Waals surface area contributed by atoms with Crippen LogP contribution in [0.4, 0.5) is 8.78 Å². The first kappa shape index (κ1) is 9.19. The van der Waals surface area contributed by atoms with Crippen molar-refractivity contribution in [3.05, 3.63) is 0 Å². The summed E-state index contributed by atoms with van der Waals surface area (Å²) in [4.78, 5) is 0. The zero-order valence-electron chi connectivity index (χ0n) is 5.56. The average Bonchev–Trinajstić information content (AvgIpc) is 2.33. The van der Waals surface area contributed by atoms with Crippen molar-refractivity contribution in [2.75, 3.05) is 5.75 Å². The van der Waals surface area contributed by atoms with Gasteiger partial charge in [-0.2, -0.15) is 0 Å². The summed E-state index contributed by atoms with van der Waals surface area (Å²) >= 11 is 0. The van der Waals surface area contributed by atoms with Crippen molar-refractivity contribution in [2.45, 2.75) is 18.8 Å². The SMILES string of the molecule is O=S(=O)(Cl)CCC1CC1(F)F. The molecular weight excluding hydrogens is 198 g/mol. The van der Waals surface area contributed by atoms with Gasteiger partial charge in [-0.1, -0.05) is 0 Å². The fourth-order valence-electron chi connectivity index (χ4n) is 0.866. The number of hydrogen-bond acceptors (Lipinski definition) is 2. The summed E-state index contributed by atoms with van der Waals surface area (Å²) < 4.78 is 44.9. The van der Waals surface area contributed by atoms with E-state index in [1.54, 1.807) is 0 Å². The van der Waals surface area contributed by atoms with Gasteiger partial charge in [0.2, 0.25) is 9.05 Å². The van der Waals surface area contributed by atoms with Gasteiger partial charge in [-0.3, -0.25) is 0 Å². The molecule has 0 aliphatic heterocycles. The minimum Gasteiger partial charge on any atom is -0.212 e. The minimum absolute atomic E-state index is 0.0289. The summed E-state index contributed by atoms with van der Waals surface area (Å²) in [6, 6.07) is 0. The highest BCUT2D eigenvalue weighted by atomic mass is 35.7. The Morgan fingerprint density at radius 1 is 1.55 bits per heavy atom. The van der Waals surface area contributed by atoms with E-state index in [0.29, 0.717) is 0 Å². The predicted octanol–water partition coefficient (Wildman–Crippen LogP) is 1.60. The Hall–Kier alpha value is 0.1000. The fourth-order valence-corrected chi connectivity index (χ4v) is 1.70. The second kappa shape index (κ2) is 2.55. The van der Waals surface area contributed by atoms with E-state index in [9.17, 15) is 17.2 Å². The molecule has 0 amide bonds. The van der Waals surface area contributed by atoms with Crippen molar-refractivity contribution in [1.82, 2.24) is 0 Å². The average molecular weight is 205 g/mol. The second-order valence-corrected chi connectivity index (χ2v) is 5.59.